The van der Waals surface area contributed by atoms with Gasteiger partial charge in [-0.15, -0.1) is 0 Å². The summed E-state index contributed by atoms with van der Waals surface area (Å²) in [6.07, 6.45) is 4.44. The van der Waals surface area contributed by atoms with E-state index in [4.69, 9.17) is 4.99 Å². The number of amides is 3. The van der Waals surface area contributed by atoms with E-state index >= 15 is 0 Å². The molecule has 0 aliphatic carbocycles. The standard InChI is InChI=1S/C41H40N8O3/c1-6-24(2)36-35(50)19-29-18-28(14-17-33(29)37(46-36)27-10-8-7-9-11-27)39(51)44-31-15-12-25(3)34(20-31)49-23-30-21-43-40(47-38(30)48(5)41(49)52)45-32-16-13-26(4)42-22-32/h7-18,20-22,24,36H,6,19,23H2,1-5H3,(H,44,51)(H,43,45,47)/t24?,36-/m1/s1. The molecule has 4 heterocycles. The van der Waals surface area contributed by atoms with Gasteiger partial charge in [0, 0.05) is 53.3 Å². The Morgan fingerprint density at radius 1 is 0.923 bits per heavy atom. The monoisotopic (exact) mass is 692 g/mol. The number of anilines is 5. The van der Waals surface area contributed by atoms with Crippen LogP contribution in [0.5, 0.6) is 0 Å². The fourth-order valence-electron chi connectivity index (χ4n) is 6.59. The van der Waals surface area contributed by atoms with Crippen molar-refractivity contribution in [1.29, 1.82) is 0 Å². The van der Waals surface area contributed by atoms with Crippen LogP contribution in [0.3, 0.4) is 0 Å². The number of aryl methyl sites for hydroxylation is 2. The molecule has 0 spiro atoms. The molecule has 0 radical (unpaired) electrons. The quantitative estimate of drug-likeness (QED) is 0.173. The van der Waals surface area contributed by atoms with Gasteiger partial charge >= 0.3 is 6.03 Å². The highest BCUT2D eigenvalue weighted by Gasteiger charge is 2.32. The van der Waals surface area contributed by atoms with Crippen LogP contribution in [0.1, 0.15) is 64.1 Å². The summed E-state index contributed by atoms with van der Waals surface area (Å²) in [6.45, 7) is 8.21. The van der Waals surface area contributed by atoms with Gasteiger partial charge in [-0.2, -0.15) is 4.98 Å². The average Bonchev–Trinajstić information content (AvgIpc) is 3.30. The predicted molar refractivity (Wildman–Crippen MR) is 204 cm³/mol. The first-order chi connectivity index (χ1) is 25.1. The van der Waals surface area contributed by atoms with Crippen LogP contribution in [-0.2, 0) is 17.8 Å². The maximum Gasteiger partial charge on any atom is 0.330 e. The van der Waals surface area contributed by atoms with Crippen LogP contribution in [-0.4, -0.2) is 51.5 Å². The third kappa shape index (κ3) is 6.77. The number of benzene rings is 3. The number of aliphatic imine (C=N–C) groups is 1. The summed E-state index contributed by atoms with van der Waals surface area (Å²) >= 11 is 0. The van der Waals surface area contributed by atoms with Gasteiger partial charge in [0.2, 0.25) is 5.95 Å². The van der Waals surface area contributed by atoms with Crippen molar-refractivity contribution in [3.8, 4) is 0 Å². The van der Waals surface area contributed by atoms with Crippen LogP contribution < -0.4 is 20.4 Å². The van der Waals surface area contributed by atoms with E-state index in [1.165, 1.54) is 4.90 Å². The number of hydrogen-bond acceptors (Lipinski definition) is 8. The molecule has 0 fully saturated rings. The Morgan fingerprint density at radius 2 is 1.71 bits per heavy atom. The molecule has 52 heavy (non-hydrogen) atoms. The Balaban J connectivity index is 1.12. The lowest BCUT2D eigenvalue weighted by atomic mass is 9.91. The molecule has 0 saturated carbocycles. The second-order valence-electron chi connectivity index (χ2n) is 13.4. The van der Waals surface area contributed by atoms with Crippen LogP contribution in [0.15, 0.2) is 96.2 Å². The molecule has 2 aromatic heterocycles. The van der Waals surface area contributed by atoms with Gasteiger partial charge in [0.25, 0.3) is 5.91 Å². The van der Waals surface area contributed by atoms with Crippen molar-refractivity contribution in [2.45, 2.75) is 53.1 Å². The van der Waals surface area contributed by atoms with E-state index in [1.54, 1.807) is 42.5 Å². The maximum absolute atomic E-state index is 13.7. The fraction of sp³-hybridized carbons (Fsp3) is 0.244. The van der Waals surface area contributed by atoms with E-state index in [0.29, 0.717) is 28.7 Å². The number of rotatable bonds is 8. The molecule has 3 amide bonds. The molecule has 2 aliphatic heterocycles. The third-order valence-corrected chi connectivity index (χ3v) is 9.75. The van der Waals surface area contributed by atoms with Gasteiger partial charge in [0.05, 0.1) is 29.8 Å². The molecule has 262 valence electrons. The number of Topliss-reactive ketones (excluding diaryl/α,β-unsaturated/α-hetero) is 1. The van der Waals surface area contributed by atoms with Crippen molar-refractivity contribution in [3.63, 3.8) is 0 Å². The van der Waals surface area contributed by atoms with E-state index in [9.17, 15) is 14.4 Å². The lowest BCUT2D eigenvalue weighted by molar-refractivity contribution is -0.120. The van der Waals surface area contributed by atoms with Gasteiger partial charge in [-0.05, 0) is 67.3 Å². The zero-order chi connectivity index (χ0) is 36.5. The molecule has 1 unspecified atom stereocenters. The molecule has 11 nitrogen and oxygen atoms in total. The SMILES string of the molecule is CCC(C)[C@H]1N=C(c2ccccc2)c2ccc(C(=O)Nc3ccc(C)c(N4Cc5cnc(Nc6ccc(C)nc6)nc5N(C)C4=O)c3)cc2CC1=O. The maximum atomic E-state index is 13.7. The fourth-order valence-corrected chi connectivity index (χ4v) is 6.59. The van der Waals surface area contributed by atoms with Crippen LogP contribution in [0.4, 0.5) is 33.6 Å². The zero-order valence-corrected chi connectivity index (χ0v) is 29.8. The molecular weight excluding hydrogens is 653 g/mol. The molecule has 0 bridgehead atoms. The Labute approximate surface area is 302 Å². The predicted octanol–water partition coefficient (Wildman–Crippen LogP) is 7.44. The largest absolute Gasteiger partial charge is 0.330 e. The number of urea groups is 1. The number of fused-ring (bicyclic) bond motifs is 2. The molecule has 2 aliphatic rings. The van der Waals surface area contributed by atoms with Gasteiger partial charge in [0.15, 0.2) is 5.78 Å². The summed E-state index contributed by atoms with van der Waals surface area (Å²) in [6, 6.07) is 23.9. The molecule has 3 aromatic carbocycles. The van der Waals surface area contributed by atoms with Gasteiger partial charge in [-0.1, -0.05) is 62.7 Å². The number of carbonyl (C=O) groups is 3. The van der Waals surface area contributed by atoms with Crippen LogP contribution >= 0.6 is 0 Å². The van der Waals surface area contributed by atoms with Gasteiger partial charge in [-0.3, -0.25) is 29.4 Å². The summed E-state index contributed by atoms with van der Waals surface area (Å²) in [5.41, 5.74) is 8.21. The number of nitrogens with zero attached hydrogens (tertiary/aromatic N) is 6. The Hall–Kier alpha value is -6.23. The van der Waals surface area contributed by atoms with Crippen molar-refractivity contribution < 1.29 is 14.4 Å². The Kier molecular flexibility index (Phi) is 9.33. The second-order valence-corrected chi connectivity index (χ2v) is 13.4. The van der Waals surface area contributed by atoms with Crippen molar-refractivity contribution in [1.82, 2.24) is 15.0 Å². The van der Waals surface area contributed by atoms with E-state index in [-0.39, 0.29) is 36.6 Å². The van der Waals surface area contributed by atoms with Gasteiger partial charge in [0.1, 0.15) is 11.9 Å². The summed E-state index contributed by atoms with van der Waals surface area (Å²) in [7, 11) is 1.68. The molecule has 11 heteroatoms. The van der Waals surface area contributed by atoms with E-state index < -0.39 is 6.04 Å². The van der Waals surface area contributed by atoms with Crippen LogP contribution in [0, 0.1) is 19.8 Å². The molecule has 0 saturated heterocycles. The molecule has 2 N–H and O–H groups in total. The molecule has 5 aromatic rings. The van der Waals surface area contributed by atoms with Gasteiger partial charge < -0.3 is 10.6 Å². The number of ketones is 1. The number of aromatic nitrogens is 3. The second kappa shape index (κ2) is 14.2. The topological polar surface area (TPSA) is 133 Å². The average molecular weight is 693 g/mol. The van der Waals surface area contributed by atoms with E-state index in [1.807, 2.05) is 74.5 Å². The number of carbonyl (C=O) groups excluding carboxylic acids is 3. The molecule has 2 atom stereocenters. The molecule has 7 rings (SSSR count). The van der Waals surface area contributed by atoms with Crippen molar-refractivity contribution in [2.24, 2.45) is 10.9 Å². The van der Waals surface area contributed by atoms with Crippen molar-refractivity contribution in [3.05, 3.63) is 130 Å². The van der Waals surface area contributed by atoms with E-state index in [0.717, 1.165) is 51.3 Å². The number of hydrogen-bond donors (Lipinski definition) is 2. The first-order valence-electron chi connectivity index (χ1n) is 17.4. The van der Waals surface area contributed by atoms with Crippen LogP contribution in [0.2, 0.25) is 0 Å². The lowest BCUT2D eigenvalue weighted by Crippen LogP contribution is -2.46. The highest BCUT2D eigenvalue weighted by atomic mass is 16.2. The third-order valence-electron chi connectivity index (χ3n) is 9.75. The minimum Gasteiger partial charge on any atom is -0.323 e. The Bertz CT molecular complexity index is 2220. The van der Waals surface area contributed by atoms with Crippen molar-refractivity contribution >= 4 is 52.3 Å². The summed E-state index contributed by atoms with van der Waals surface area (Å²) in [4.78, 5) is 62.6. The smallest absolute Gasteiger partial charge is 0.323 e. The zero-order valence-electron chi connectivity index (χ0n) is 29.8. The van der Waals surface area contributed by atoms with E-state index in [2.05, 4.69) is 39.4 Å². The highest BCUT2D eigenvalue weighted by Crippen LogP contribution is 2.34. The summed E-state index contributed by atoms with van der Waals surface area (Å²) in [5, 5.41) is 6.16. The minimum absolute atomic E-state index is 0.0430. The number of pyridine rings is 1. The lowest BCUT2D eigenvalue weighted by Gasteiger charge is -2.35. The normalized spacial score (nSPS) is 16.0. The summed E-state index contributed by atoms with van der Waals surface area (Å²) < 4.78 is 0. The van der Waals surface area contributed by atoms with Gasteiger partial charge in [-0.25, -0.2) is 9.78 Å². The van der Waals surface area contributed by atoms with Crippen LogP contribution in [0.25, 0.3) is 0 Å². The Morgan fingerprint density at radius 3 is 2.46 bits per heavy atom. The highest BCUT2D eigenvalue weighted by molar-refractivity contribution is 6.17. The first-order valence-corrected chi connectivity index (χ1v) is 17.4. The minimum atomic E-state index is -0.458. The van der Waals surface area contributed by atoms with Crippen molar-refractivity contribution in [2.75, 3.05) is 27.5 Å². The summed E-state index contributed by atoms with van der Waals surface area (Å²) in [5.74, 6) is 0.679. The molecular formula is C41H40N8O3. The first kappa shape index (κ1) is 34.2. The number of nitrogens with one attached hydrogen (secondary N) is 2.